The first-order valence-corrected chi connectivity index (χ1v) is 13.7. The first kappa shape index (κ1) is 24.8. The van der Waals surface area contributed by atoms with E-state index in [1.807, 2.05) is 66.7 Å². The molecule has 3 aromatic carbocycles. The van der Waals surface area contributed by atoms with Gasteiger partial charge < -0.3 is 9.05 Å². The van der Waals surface area contributed by atoms with Crippen LogP contribution in [0, 0.1) is 0 Å². The fourth-order valence-electron chi connectivity index (χ4n) is 2.86. The molecule has 0 radical (unpaired) electrons. The Hall–Kier alpha value is -1.81. The molecular formula is C26H31O3PS2. The average molecular weight is 487 g/mol. The Morgan fingerprint density at radius 1 is 0.594 bits per heavy atom. The van der Waals surface area contributed by atoms with Gasteiger partial charge in [-0.2, -0.15) is 0 Å². The van der Waals surface area contributed by atoms with Crippen molar-refractivity contribution in [3.05, 3.63) is 78.9 Å². The fraction of sp³-hybridized carbons (Fsp3) is 0.308. The van der Waals surface area contributed by atoms with Crippen molar-refractivity contribution in [1.82, 2.24) is 0 Å². The average Bonchev–Trinajstić information content (AvgIpc) is 2.70. The predicted octanol–water partition coefficient (Wildman–Crippen LogP) is 8.44. The molecule has 0 aliphatic heterocycles. The third-order valence-corrected chi connectivity index (χ3v) is 8.09. The second kappa shape index (κ2) is 9.99. The molecule has 3 aromatic rings. The van der Waals surface area contributed by atoms with Crippen molar-refractivity contribution in [2.45, 2.75) is 60.8 Å². The van der Waals surface area contributed by atoms with E-state index in [2.05, 4.69) is 41.5 Å². The lowest BCUT2D eigenvalue weighted by Gasteiger charge is -2.22. The summed E-state index contributed by atoms with van der Waals surface area (Å²) in [6, 6.07) is 24.4. The van der Waals surface area contributed by atoms with Crippen LogP contribution in [-0.2, 0) is 4.57 Å². The molecule has 0 atom stereocenters. The summed E-state index contributed by atoms with van der Waals surface area (Å²) in [5, 5.41) is 0.515. The van der Waals surface area contributed by atoms with Crippen LogP contribution in [0.15, 0.2) is 88.7 Å². The lowest BCUT2D eigenvalue weighted by atomic mass is 10.3. The lowest BCUT2D eigenvalue weighted by molar-refractivity contribution is 0.399. The molecule has 6 heteroatoms. The minimum Gasteiger partial charge on any atom is -0.413 e. The van der Waals surface area contributed by atoms with E-state index in [-0.39, 0.29) is 9.49 Å². The molecule has 0 aliphatic carbocycles. The second-order valence-electron chi connectivity index (χ2n) is 9.39. The van der Waals surface area contributed by atoms with E-state index in [1.54, 1.807) is 35.7 Å². The van der Waals surface area contributed by atoms with Crippen molar-refractivity contribution >= 4 is 36.4 Å². The van der Waals surface area contributed by atoms with Crippen LogP contribution in [0.25, 0.3) is 0 Å². The standard InChI is InChI=1S/C26H31O3PS2/c1-25(2,3)31-23-16-12-20(13-17-23)28-30(27,22-10-8-7-9-11-22)29-21-14-18-24(19-15-21)32-26(4,5)6/h7-19H,1-6H3. The molecule has 32 heavy (non-hydrogen) atoms. The number of benzene rings is 3. The van der Waals surface area contributed by atoms with E-state index in [1.165, 1.54) is 0 Å². The zero-order valence-electron chi connectivity index (χ0n) is 19.5. The van der Waals surface area contributed by atoms with Crippen molar-refractivity contribution in [2.24, 2.45) is 0 Å². The Kier molecular flexibility index (Phi) is 7.75. The molecule has 0 N–H and O–H groups in total. The van der Waals surface area contributed by atoms with Gasteiger partial charge in [0.25, 0.3) is 0 Å². The maximum absolute atomic E-state index is 13.9. The van der Waals surface area contributed by atoms with E-state index in [4.69, 9.17) is 9.05 Å². The van der Waals surface area contributed by atoms with Gasteiger partial charge in [-0.1, -0.05) is 59.7 Å². The Labute approximate surface area is 200 Å². The highest BCUT2D eigenvalue weighted by Crippen LogP contribution is 2.48. The SMILES string of the molecule is CC(C)(C)Sc1ccc(OP(=O)(Oc2ccc(SC(C)(C)C)cc2)c2ccccc2)cc1. The van der Waals surface area contributed by atoms with Crippen LogP contribution < -0.4 is 14.4 Å². The van der Waals surface area contributed by atoms with Gasteiger partial charge in [-0.15, -0.1) is 23.5 Å². The van der Waals surface area contributed by atoms with Crippen LogP contribution in [0.1, 0.15) is 41.5 Å². The van der Waals surface area contributed by atoms with E-state index in [0.717, 1.165) is 9.79 Å². The van der Waals surface area contributed by atoms with E-state index >= 15 is 0 Å². The monoisotopic (exact) mass is 486 g/mol. The summed E-state index contributed by atoms with van der Waals surface area (Å²) in [6.45, 7) is 13.0. The molecule has 0 fully saturated rings. The number of hydrogen-bond acceptors (Lipinski definition) is 5. The normalized spacial score (nSPS) is 12.4. The third-order valence-electron chi connectivity index (χ3n) is 4.02. The van der Waals surface area contributed by atoms with Crippen LogP contribution in [0.2, 0.25) is 0 Å². The topological polar surface area (TPSA) is 35.5 Å². The summed E-state index contributed by atoms with van der Waals surface area (Å²) >= 11 is 3.55. The smallest absolute Gasteiger partial charge is 0.413 e. The molecule has 0 spiro atoms. The number of hydrogen-bond donors (Lipinski definition) is 0. The van der Waals surface area contributed by atoms with Gasteiger partial charge in [-0.05, 0) is 60.7 Å². The first-order chi connectivity index (χ1) is 14.9. The highest BCUT2D eigenvalue weighted by molar-refractivity contribution is 8.00. The molecule has 170 valence electrons. The number of rotatable bonds is 7. The van der Waals surface area contributed by atoms with Crippen LogP contribution in [0.3, 0.4) is 0 Å². The first-order valence-electron chi connectivity index (χ1n) is 10.5. The molecule has 0 saturated heterocycles. The van der Waals surface area contributed by atoms with Gasteiger partial charge in [0.05, 0.1) is 5.30 Å². The maximum Gasteiger partial charge on any atom is 0.462 e. The van der Waals surface area contributed by atoms with E-state index in [9.17, 15) is 4.57 Å². The van der Waals surface area contributed by atoms with E-state index < -0.39 is 7.60 Å². The summed E-state index contributed by atoms with van der Waals surface area (Å²) in [7, 11) is -3.64. The molecule has 0 bridgehead atoms. The highest BCUT2D eigenvalue weighted by atomic mass is 32.2. The van der Waals surface area contributed by atoms with Gasteiger partial charge in [-0.3, -0.25) is 0 Å². The quantitative estimate of drug-likeness (QED) is 0.247. The van der Waals surface area contributed by atoms with Gasteiger partial charge >= 0.3 is 7.60 Å². The molecule has 0 heterocycles. The molecular weight excluding hydrogens is 455 g/mol. The molecule has 0 unspecified atom stereocenters. The fourth-order valence-corrected chi connectivity index (χ4v) is 6.40. The van der Waals surface area contributed by atoms with Crippen molar-refractivity contribution in [3.63, 3.8) is 0 Å². The minimum atomic E-state index is -3.64. The van der Waals surface area contributed by atoms with Crippen LogP contribution in [0.5, 0.6) is 11.5 Å². The molecule has 0 amide bonds. The third kappa shape index (κ3) is 7.65. The largest absolute Gasteiger partial charge is 0.462 e. The molecule has 0 aliphatic rings. The highest BCUT2D eigenvalue weighted by Gasteiger charge is 2.31. The van der Waals surface area contributed by atoms with Crippen molar-refractivity contribution in [2.75, 3.05) is 0 Å². The summed E-state index contributed by atoms with van der Waals surface area (Å²) < 4.78 is 26.2. The van der Waals surface area contributed by atoms with Crippen LogP contribution in [-0.4, -0.2) is 9.49 Å². The molecule has 3 rings (SSSR count). The Balaban J connectivity index is 1.84. The summed E-state index contributed by atoms with van der Waals surface area (Å²) in [5.41, 5.74) is 0. The van der Waals surface area contributed by atoms with Crippen molar-refractivity contribution in [1.29, 1.82) is 0 Å². The van der Waals surface area contributed by atoms with Gasteiger partial charge in [0.15, 0.2) is 0 Å². The summed E-state index contributed by atoms with van der Waals surface area (Å²) in [4.78, 5) is 2.26. The minimum absolute atomic E-state index is 0.113. The van der Waals surface area contributed by atoms with Crippen molar-refractivity contribution in [3.8, 4) is 11.5 Å². The van der Waals surface area contributed by atoms with Crippen LogP contribution >= 0.6 is 31.1 Å². The van der Waals surface area contributed by atoms with Gasteiger partial charge in [-0.25, -0.2) is 4.57 Å². The number of thioether (sulfide) groups is 2. The maximum atomic E-state index is 13.9. The summed E-state index contributed by atoms with van der Waals surface area (Å²) in [5.74, 6) is 1.02. The van der Waals surface area contributed by atoms with Gasteiger partial charge in [0, 0.05) is 19.3 Å². The Morgan fingerprint density at radius 2 is 0.969 bits per heavy atom. The zero-order valence-corrected chi connectivity index (χ0v) is 22.0. The lowest BCUT2D eigenvalue weighted by Crippen LogP contribution is -2.14. The van der Waals surface area contributed by atoms with Crippen molar-refractivity contribution < 1.29 is 13.6 Å². The Bertz CT molecular complexity index is 986. The molecule has 3 nitrogen and oxygen atoms in total. The predicted molar refractivity (Wildman–Crippen MR) is 139 cm³/mol. The summed E-state index contributed by atoms with van der Waals surface area (Å²) in [6.07, 6.45) is 0. The van der Waals surface area contributed by atoms with Gasteiger partial charge in [0.2, 0.25) is 0 Å². The molecule has 0 aromatic heterocycles. The molecule has 0 saturated carbocycles. The van der Waals surface area contributed by atoms with Gasteiger partial charge in [0.1, 0.15) is 11.5 Å². The van der Waals surface area contributed by atoms with E-state index in [0.29, 0.717) is 16.8 Å². The zero-order chi connectivity index (χ0) is 23.4. The van der Waals surface area contributed by atoms with Crippen LogP contribution in [0.4, 0.5) is 0 Å². The Morgan fingerprint density at radius 3 is 1.31 bits per heavy atom. The second-order valence-corrected chi connectivity index (χ2v) is 15.1.